The molecule has 0 saturated carbocycles. The molecule has 0 aromatic heterocycles. The largest absolute Gasteiger partial charge is 0.354 e. The molecule has 0 aromatic carbocycles. The molecular weight excluding hydrogens is 168 g/mol. The first-order chi connectivity index (χ1) is 6.17. The Bertz CT molecular complexity index is 260. The van der Waals surface area contributed by atoms with Crippen molar-refractivity contribution in [2.24, 2.45) is 0 Å². The highest BCUT2D eigenvalue weighted by Crippen LogP contribution is 2.35. The number of nitrogens with zero attached hydrogens (tertiary/aromatic N) is 1. The summed E-state index contributed by atoms with van der Waals surface area (Å²) in [6, 6.07) is 0. The second-order valence-electron chi connectivity index (χ2n) is 3.81. The first-order valence-corrected chi connectivity index (χ1v) is 4.73. The second-order valence-corrected chi connectivity index (χ2v) is 3.81. The molecule has 0 bridgehead atoms. The lowest BCUT2D eigenvalue weighted by molar-refractivity contribution is -0.141. The highest BCUT2D eigenvalue weighted by Gasteiger charge is 2.51. The van der Waals surface area contributed by atoms with Crippen molar-refractivity contribution < 1.29 is 9.59 Å². The highest BCUT2D eigenvalue weighted by molar-refractivity contribution is 5.93. The number of carbonyl (C=O) groups excluding carboxylic acids is 2. The number of hydrogen-bond acceptors (Lipinski definition) is 2. The number of nitrogens with one attached hydrogen (secondary N) is 1. The minimum atomic E-state index is -0.480. The van der Waals surface area contributed by atoms with Gasteiger partial charge < -0.3 is 10.2 Å². The zero-order valence-electron chi connectivity index (χ0n) is 7.80. The average Bonchev–Trinajstić information content (AvgIpc) is 2.62. The molecule has 2 saturated heterocycles. The molecule has 4 nitrogen and oxygen atoms in total. The van der Waals surface area contributed by atoms with Crippen molar-refractivity contribution in [2.45, 2.75) is 31.7 Å². The van der Waals surface area contributed by atoms with E-state index in [1.165, 1.54) is 0 Å². The van der Waals surface area contributed by atoms with Gasteiger partial charge in [-0.05, 0) is 19.3 Å². The van der Waals surface area contributed by atoms with Gasteiger partial charge in [0.1, 0.15) is 5.54 Å². The molecule has 1 N–H and O–H groups in total. The van der Waals surface area contributed by atoms with E-state index >= 15 is 0 Å². The van der Waals surface area contributed by atoms with Gasteiger partial charge in [-0.3, -0.25) is 9.59 Å². The van der Waals surface area contributed by atoms with E-state index in [9.17, 15) is 9.59 Å². The first kappa shape index (κ1) is 8.53. The van der Waals surface area contributed by atoms with E-state index < -0.39 is 5.54 Å². The Morgan fingerprint density at radius 2 is 2.31 bits per heavy atom. The van der Waals surface area contributed by atoms with Gasteiger partial charge in [-0.1, -0.05) is 0 Å². The van der Waals surface area contributed by atoms with Crippen LogP contribution in [0.25, 0.3) is 0 Å². The maximum Gasteiger partial charge on any atom is 0.246 e. The Morgan fingerprint density at radius 1 is 1.54 bits per heavy atom. The molecule has 2 amide bonds. The van der Waals surface area contributed by atoms with Crippen LogP contribution in [0, 0.1) is 0 Å². The molecule has 1 unspecified atom stereocenters. The molecule has 2 fully saturated rings. The van der Waals surface area contributed by atoms with Crippen LogP contribution in [-0.4, -0.2) is 35.3 Å². The number of carbonyl (C=O) groups is 2. The van der Waals surface area contributed by atoms with Crippen LogP contribution in [0.15, 0.2) is 0 Å². The predicted octanol–water partition coefficient (Wildman–Crippen LogP) is -0.113. The lowest BCUT2D eigenvalue weighted by Crippen LogP contribution is -2.51. The normalized spacial score (nSPS) is 32.7. The molecular formula is C9H14N2O2. The van der Waals surface area contributed by atoms with Crippen molar-refractivity contribution in [1.82, 2.24) is 10.2 Å². The van der Waals surface area contributed by atoms with Crippen molar-refractivity contribution >= 4 is 11.8 Å². The fourth-order valence-electron chi connectivity index (χ4n) is 2.49. The molecule has 2 rings (SSSR count). The Morgan fingerprint density at radius 3 is 2.85 bits per heavy atom. The molecule has 0 radical (unpaired) electrons. The predicted molar refractivity (Wildman–Crippen MR) is 47.0 cm³/mol. The highest BCUT2D eigenvalue weighted by atomic mass is 16.2. The van der Waals surface area contributed by atoms with Gasteiger partial charge in [0.25, 0.3) is 0 Å². The SMILES string of the molecule is CC(=O)N1CCCC12CCNC2=O. The molecule has 4 heteroatoms. The van der Waals surface area contributed by atoms with E-state index in [1.807, 2.05) is 0 Å². The summed E-state index contributed by atoms with van der Waals surface area (Å²) in [6.07, 6.45) is 2.57. The summed E-state index contributed by atoms with van der Waals surface area (Å²) in [5.41, 5.74) is -0.480. The smallest absolute Gasteiger partial charge is 0.246 e. The van der Waals surface area contributed by atoms with Gasteiger partial charge in [-0.2, -0.15) is 0 Å². The minimum Gasteiger partial charge on any atom is -0.354 e. The standard InChI is InChI=1S/C9H14N2O2/c1-7(12)11-6-2-3-9(11)4-5-10-8(9)13/h2-6H2,1H3,(H,10,13). The molecule has 13 heavy (non-hydrogen) atoms. The average molecular weight is 182 g/mol. The minimum absolute atomic E-state index is 0.0227. The van der Waals surface area contributed by atoms with Crippen LogP contribution >= 0.6 is 0 Å². The van der Waals surface area contributed by atoms with Crippen LogP contribution in [-0.2, 0) is 9.59 Å². The van der Waals surface area contributed by atoms with Gasteiger partial charge in [0.15, 0.2) is 0 Å². The third-order valence-electron chi connectivity index (χ3n) is 3.12. The van der Waals surface area contributed by atoms with Crippen LogP contribution < -0.4 is 5.32 Å². The van der Waals surface area contributed by atoms with Crippen molar-refractivity contribution in [3.05, 3.63) is 0 Å². The van der Waals surface area contributed by atoms with Crippen LogP contribution in [0.1, 0.15) is 26.2 Å². The fourth-order valence-corrected chi connectivity index (χ4v) is 2.49. The van der Waals surface area contributed by atoms with Crippen molar-refractivity contribution in [3.63, 3.8) is 0 Å². The molecule has 0 aromatic rings. The van der Waals surface area contributed by atoms with Gasteiger partial charge in [0.05, 0.1) is 0 Å². The Hall–Kier alpha value is -1.06. The molecule has 1 atom stereocenters. The lowest BCUT2D eigenvalue weighted by Gasteiger charge is -2.31. The van der Waals surface area contributed by atoms with Crippen LogP contribution in [0.4, 0.5) is 0 Å². The first-order valence-electron chi connectivity index (χ1n) is 4.73. The number of rotatable bonds is 0. The Balaban J connectivity index is 2.29. The van der Waals surface area contributed by atoms with Gasteiger partial charge in [0, 0.05) is 20.0 Å². The van der Waals surface area contributed by atoms with E-state index in [-0.39, 0.29) is 11.8 Å². The van der Waals surface area contributed by atoms with Gasteiger partial charge in [0.2, 0.25) is 11.8 Å². The van der Waals surface area contributed by atoms with E-state index in [0.717, 1.165) is 25.8 Å². The molecule has 1 spiro atoms. The summed E-state index contributed by atoms with van der Waals surface area (Å²) in [5, 5.41) is 2.80. The van der Waals surface area contributed by atoms with E-state index in [4.69, 9.17) is 0 Å². The summed E-state index contributed by atoms with van der Waals surface area (Å²) in [6.45, 7) is 2.99. The van der Waals surface area contributed by atoms with Crippen LogP contribution in [0.2, 0.25) is 0 Å². The van der Waals surface area contributed by atoms with Crippen molar-refractivity contribution in [2.75, 3.05) is 13.1 Å². The maximum atomic E-state index is 11.6. The van der Waals surface area contributed by atoms with Gasteiger partial charge in [-0.15, -0.1) is 0 Å². The third-order valence-corrected chi connectivity index (χ3v) is 3.12. The maximum absolute atomic E-state index is 11.6. The number of amides is 2. The third kappa shape index (κ3) is 1.04. The summed E-state index contributed by atoms with van der Waals surface area (Å²) >= 11 is 0. The molecule has 2 heterocycles. The summed E-state index contributed by atoms with van der Waals surface area (Å²) in [4.78, 5) is 24.6. The van der Waals surface area contributed by atoms with Crippen LogP contribution in [0.5, 0.6) is 0 Å². The lowest BCUT2D eigenvalue weighted by atomic mass is 9.94. The quantitative estimate of drug-likeness (QED) is 0.568. The molecule has 2 aliphatic heterocycles. The Kier molecular flexibility index (Phi) is 1.78. The second kappa shape index (κ2) is 2.72. The summed E-state index contributed by atoms with van der Waals surface area (Å²) in [7, 11) is 0. The van der Waals surface area contributed by atoms with Gasteiger partial charge >= 0.3 is 0 Å². The zero-order valence-corrected chi connectivity index (χ0v) is 7.80. The number of hydrogen-bond donors (Lipinski definition) is 1. The Labute approximate surface area is 77.3 Å². The summed E-state index contributed by atoms with van der Waals surface area (Å²) < 4.78 is 0. The van der Waals surface area contributed by atoms with Crippen LogP contribution in [0.3, 0.4) is 0 Å². The fraction of sp³-hybridized carbons (Fsp3) is 0.778. The van der Waals surface area contributed by atoms with E-state index in [2.05, 4.69) is 5.32 Å². The van der Waals surface area contributed by atoms with Crippen molar-refractivity contribution in [1.29, 1.82) is 0 Å². The molecule has 2 aliphatic rings. The number of likely N-dealkylation sites (tertiary alicyclic amines) is 1. The molecule has 72 valence electrons. The van der Waals surface area contributed by atoms with E-state index in [0.29, 0.717) is 6.54 Å². The topological polar surface area (TPSA) is 49.4 Å². The van der Waals surface area contributed by atoms with Gasteiger partial charge in [-0.25, -0.2) is 0 Å². The zero-order chi connectivity index (χ0) is 9.47. The van der Waals surface area contributed by atoms with Crippen molar-refractivity contribution in [3.8, 4) is 0 Å². The molecule has 0 aliphatic carbocycles. The summed E-state index contributed by atoms with van der Waals surface area (Å²) in [5.74, 6) is 0.0646. The monoisotopic (exact) mass is 182 g/mol. The van der Waals surface area contributed by atoms with E-state index in [1.54, 1.807) is 11.8 Å².